The third kappa shape index (κ3) is 3.55. The lowest BCUT2D eigenvalue weighted by Crippen LogP contribution is -2.02. The van der Waals surface area contributed by atoms with Crippen LogP contribution in [0, 0.1) is 13.8 Å². The van der Waals surface area contributed by atoms with Gasteiger partial charge in [0, 0.05) is 35.9 Å². The second-order valence-corrected chi connectivity index (χ2v) is 4.29. The van der Waals surface area contributed by atoms with Gasteiger partial charge in [-0.2, -0.15) is 0 Å². The Labute approximate surface area is 103 Å². The molecule has 0 aliphatic heterocycles. The lowest BCUT2D eigenvalue weighted by atomic mass is 10.0. The Morgan fingerprint density at radius 3 is 2.71 bits per heavy atom. The second kappa shape index (κ2) is 6.38. The molecule has 0 saturated carbocycles. The van der Waals surface area contributed by atoms with E-state index in [1.165, 1.54) is 0 Å². The number of carbonyl (C=O) groups is 1. The van der Waals surface area contributed by atoms with E-state index in [1.54, 1.807) is 7.11 Å². The first kappa shape index (κ1) is 13.7. The van der Waals surface area contributed by atoms with Crippen LogP contribution in [0.5, 0.6) is 5.75 Å². The van der Waals surface area contributed by atoms with Crippen LogP contribution in [-0.4, -0.2) is 17.9 Å². The van der Waals surface area contributed by atoms with Crippen LogP contribution in [0.2, 0.25) is 0 Å². The molecule has 0 aliphatic rings. The minimum atomic E-state index is 0.321. The molecule has 1 rings (SSSR count). The van der Waals surface area contributed by atoms with Crippen molar-refractivity contribution in [2.45, 2.75) is 46.5 Å². The lowest BCUT2D eigenvalue weighted by molar-refractivity contribution is -0.118. The number of hydrogen-bond acceptors (Lipinski definition) is 3. The van der Waals surface area contributed by atoms with Crippen LogP contribution in [0.4, 0.5) is 0 Å². The Morgan fingerprint density at radius 2 is 2.12 bits per heavy atom. The van der Waals surface area contributed by atoms with Gasteiger partial charge in [-0.1, -0.05) is 6.92 Å². The van der Waals surface area contributed by atoms with E-state index in [4.69, 9.17) is 4.74 Å². The number of pyridine rings is 1. The molecular formula is C14H21NO2. The molecule has 0 N–H and O–H groups in total. The van der Waals surface area contributed by atoms with Gasteiger partial charge in [0.15, 0.2) is 0 Å². The number of carbonyl (C=O) groups excluding carboxylic acids is 1. The SMILES string of the molecule is CCC(=O)CCCc1ncc(C)c(OC)c1C. The Hall–Kier alpha value is -1.38. The Balaban J connectivity index is 2.69. The molecule has 0 aliphatic carbocycles. The summed E-state index contributed by atoms with van der Waals surface area (Å²) in [7, 11) is 1.68. The van der Waals surface area contributed by atoms with Crippen molar-refractivity contribution >= 4 is 5.78 Å². The molecule has 17 heavy (non-hydrogen) atoms. The van der Waals surface area contributed by atoms with Gasteiger partial charge in [-0.25, -0.2) is 0 Å². The molecule has 0 bridgehead atoms. The first-order valence-electron chi connectivity index (χ1n) is 6.10. The first-order valence-corrected chi connectivity index (χ1v) is 6.10. The van der Waals surface area contributed by atoms with Crippen LogP contribution >= 0.6 is 0 Å². The number of aromatic nitrogens is 1. The third-order valence-corrected chi connectivity index (χ3v) is 3.01. The summed E-state index contributed by atoms with van der Waals surface area (Å²) in [6, 6.07) is 0. The minimum absolute atomic E-state index is 0.321. The average Bonchev–Trinajstić information content (AvgIpc) is 2.32. The van der Waals surface area contributed by atoms with Crippen molar-refractivity contribution in [1.82, 2.24) is 4.98 Å². The van der Waals surface area contributed by atoms with Crippen LogP contribution in [0.3, 0.4) is 0 Å². The van der Waals surface area contributed by atoms with Crippen LogP contribution < -0.4 is 4.74 Å². The number of rotatable bonds is 6. The molecule has 0 unspecified atom stereocenters. The molecule has 0 fully saturated rings. The molecule has 3 nitrogen and oxygen atoms in total. The number of nitrogens with zero attached hydrogens (tertiary/aromatic N) is 1. The molecule has 0 radical (unpaired) electrons. The smallest absolute Gasteiger partial charge is 0.132 e. The fourth-order valence-corrected chi connectivity index (χ4v) is 1.95. The fraction of sp³-hybridized carbons (Fsp3) is 0.571. The van der Waals surface area contributed by atoms with Crippen molar-refractivity contribution in [3.05, 3.63) is 23.0 Å². The van der Waals surface area contributed by atoms with Gasteiger partial charge < -0.3 is 4.74 Å². The lowest BCUT2D eigenvalue weighted by Gasteiger charge is -2.11. The average molecular weight is 235 g/mol. The number of hydrogen-bond donors (Lipinski definition) is 0. The molecule has 1 aromatic rings. The number of ketones is 1. The molecule has 0 aromatic carbocycles. The zero-order valence-corrected chi connectivity index (χ0v) is 11.2. The van der Waals surface area contributed by atoms with Crippen molar-refractivity contribution < 1.29 is 9.53 Å². The highest BCUT2D eigenvalue weighted by molar-refractivity contribution is 5.77. The Morgan fingerprint density at radius 1 is 1.41 bits per heavy atom. The molecule has 0 amide bonds. The molecule has 0 atom stereocenters. The van der Waals surface area contributed by atoms with Crippen molar-refractivity contribution in [2.75, 3.05) is 7.11 Å². The fourth-order valence-electron chi connectivity index (χ4n) is 1.95. The zero-order valence-electron chi connectivity index (χ0n) is 11.2. The van der Waals surface area contributed by atoms with Gasteiger partial charge in [0.2, 0.25) is 0 Å². The summed E-state index contributed by atoms with van der Waals surface area (Å²) in [5.74, 6) is 1.23. The van der Waals surface area contributed by atoms with E-state index in [2.05, 4.69) is 4.98 Å². The summed E-state index contributed by atoms with van der Waals surface area (Å²) in [4.78, 5) is 15.6. The van der Waals surface area contributed by atoms with Crippen molar-refractivity contribution in [2.24, 2.45) is 0 Å². The van der Waals surface area contributed by atoms with Crippen LogP contribution in [0.1, 0.15) is 43.0 Å². The molecular weight excluding hydrogens is 214 g/mol. The van der Waals surface area contributed by atoms with E-state index in [-0.39, 0.29) is 0 Å². The summed E-state index contributed by atoms with van der Waals surface area (Å²) < 4.78 is 5.36. The van der Waals surface area contributed by atoms with Gasteiger partial charge in [0.05, 0.1) is 7.11 Å². The Kier molecular flexibility index (Phi) is 5.13. The highest BCUT2D eigenvalue weighted by Crippen LogP contribution is 2.24. The summed E-state index contributed by atoms with van der Waals surface area (Å²) in [5, 5.41) is 0. The van der Waals surface area contributed by atoms with Gasteiger partial charge >= 0.3 is 0 Å². The highest BCUT2D eigenvalue weighted by atomic mass is 16.5. The van der Waals surface area contributed by atoms with E-state index in [9.17, 15) is 4.79 Å². The molecule has 94 valence electrons. The van der Waals surface area contributed by atoms with Crippen molar-refractivity contribution in [3.8, 4) is 5.75 Å². The van der Waals surface area contributed by atoms with Gasteiger partial charge in [-0.15, -0.1) is 0 Å². The maximum Gasteiger partial charge on any atom is 0.132 e. The number of aryl methyl sites for hydroxylation is 2. The normalized spacial score (nSPS) is 10.4. The van der Waals surface area contributed by atoms with Crippen molar-refractivity contribution in [1.29, 1.82) is 0 Å². The second-order valence-electron chi connectivity index (χ2n) is 4.29. The van der Waals surface area contributed by atoms with E-state index >= 15 is 0 Å². The third-order valence-electron chi connectivity index (χ3n) is 3.01. The summed E-state index contributed by atoms with van der Waals surface area (Å²) >= 11 is 0. The quantitative estimate of drug-likeness (QED) is 0.761. The van der Waals surface area contributed by atoms with Crippen LogP contribution in [0.15, 0.2) is 6.20 Å². The summed E-state index contributed by atoms with van der Waals surface area (Å²) in [6.45, 7) is 5.92. The predicted molar refractivity (Wildman–Crippen MR) is 68.5 cm³/mol. The van der Waals surface area contributed by atoms with Crippen LogP contribution in [0.25, 0.3) is 0 Å². The first-order chi connectivity index (χ1) is 8.10. The van der Waals surface area contributed by atoms with Gasteiger partial charge in [0.25, 0.3) is 0 Å². The summed E-state index contributed by atoms with van der Waals surface area (Å²) in [6.07, 6.45) is 4.82. The predicted octanol–water partition coefficient (Wildman–Crippen LogP) is 3.01. The van der Waals surface area contributed by atoms with Gasteiger partial charge in [-0.05, 0) is 26.7 Å². The molecule has 0 spiro atoms. The van der Waals surface area contributed by atoms with E-state index in [0.29, 0.717) is 18.6 Å². The van der Waals surface area contributed by atoms with Crippen LogP contribution in [-0.2, 0) is 11.2 Å². The molecule has 1 aromatic heterocycles. The minimum Gasteiger partial charge on any atom is -0.496 e. The maximum absolute atomic E-state index is 11.2. The number of methoxy groups -OCH3 is 1. The topological polar surface area (TPSA) is 39.2 Å². The van der Waals surface area contributed by atoms with Crippen molar-refractivity contribution in [3.63, 3.8) is 0 Å². The summed E-state index contributed by atoms with van der Waals surface area (Å²) in [5.41, 5.74) is 3.19. The Bertz CT molecular complexity index is 399. The molecule has 1 heterocycles. The number of Topliss-reactive ketones (excluding diaryl/α,β-unsaturated/α-hetero) is 1. The van der Waals surface area contributed by atoms with Gasteiger partial charge in [-0.3, -0.25) is 9.78 Å². The molecule has 0 saturated heterocycles. The largest absolute Gasteiger partial charge is 0.496 e. The van der Waals surface area contributed by atoms with E-state index in [1.807, 2.05) is 27.0 Å². The zero-order chi connectivity index (χ0) is 12.8. The van der Waals surface area contributed by atoms with Gasteiger partial charge in [0.1, 0.15) is 11.5 Å². The van der Waals surface area contributed by atoms with E-state index in [0.717, 1.165) is 35.4 Å². The monoisotopic (exact) mass is 235 g/mol. The highest BCUT2D eigenvalue weighted by Gasteiger charge is 2.09. The standard InChI is InChI=1S/C14H21NO2/c1-5-12(16)7-6-8-13-11(3)14(17-4)10(2)9-15-13/h9H,5-8H2,1-4H3. The van der Waals surface area contributed by atoms with E-state index < -0.39 is 0 Å². The molecule has 3 heteroatoms. The maximum atomic E-state index is 11.2. The number of ether oxygens (including phenoxy) is 1.